The molecule has 0 bridgehead atoms. The molecule has 1 N–H and O–H groups in total. The molecule has 1 aliphatic rings. The minimum Gasteiger partial charge on any atom is -0.334 e. The summed E-state index contributed by atoms with van der Waals surface area (Å²) in [6.45, 7) is 4.12. The van der Waals surface area contributed by atoms with E-state index in [1.54, 1.807) is 15.9 Å². The summed E-state index contributed by atoms with van der Waals surface area (Å²) in [5.41, 5.74) is 2.08. The summed E-state index contributed by atoms with van der Waals surface area (Å²) in [5.74, 6) is 0.873. The van der Waals surface area contributed by atoms with Crippen molar-refractivity contribution in [3.63, 3.8) is 0 Å². The summed E-state index contributed by atoms with van der Waals surface area (Å²) in [5, 5.41) is 3.38. The first-order valence-electron chi connectivity index (χ1n) is 7.16. The molecule has 3 heterocycles. The maximum Gasteiger partial charge on any atom is 0.434 e. The van der Waals surface area contributed by atoms with Crippen molar-refractivity contribution in [2.45, 2.75) is 39.0 Å². The zero-order valence-electron chi connectivity index (χ0n) is 12.2. The molecule has 0 radical (unpaired) electrons. The lowest BCUT2D eigenvalue weighted by molar-refractivity contribution is -0.141. The highest BCUT2D eigenvalue weighted by molar-refractivity contribution is 7.09. The first kappa shape index (κ1) is 15.5. The topological polar surface area (TPSA) is 42.7 Å². The van der Waals surface area contributed by atoms with E-state index < -0.39 is 11.9 Å². The monoisotopic (exact) mass is 330 g/mol. The second-order valence-electron chi connectivity index (χ2n) is 5.59. The van der Waals surface area contributed by atoms with Crippen LogP contribution in [0, 0.1) is 12.8 Å². The highest BCUT2D eigenvalue weighted by Gasteiger charge is 2.35. The number of aromatic nitrogens is 3. The van der Waals surface area contributed by atoms with Gasteiger partial charge in [-0.3, -0.25) is 0 Å². The van der Waals surface area contributed by atoms with Crippen LogP contribution in [-0.4, -0.2) is 21.1 Å². The minimum atomic E-state index is -4.36. The molecule has 1 atom stereocenters. The van der Waals surface area contributed by atoms with E-state index in [1.165, 1.54) is 4.88 Å². The molecule has 22 heavy (non-hydrogen) atoms. The summed E-state index contributed by atoms with van der Waals surface area (Å²) in [6, 6.07) is 0. The van der Waals surface area contributed by atoms with Crippen molar-refractivity contribution in [3.8, 4) is 0 Å². The standard InChI is InChI=1S/C14H17F3N4S/c1-9-11(22-8-19-9)5-18-4-10-2-3-13-20-12(14(15,16)17)7-21(13)6-10/h7-8,10,18H,2-6H2,1H3/t10-/m0/s1. The van der Waals surface area contributed by atoms with E-state index in [9.17, 15) is 13.2 Å². The number of halogens is 3. The van der Waals surface area contributed by atoms with Gasteiger partial charge in [0.25, 0.3) is 0 Å². The predicted molar refractivity (Wildman–Crippen MR) is 77.6 cm³/mol. The molecular formula is C14H17F3N4S. The Balaban J connectivity index is 1.55. The normalized spacial score (nSPS) is 18.5. The number of hydrogen-bond acceptors (Lipinski definition) is 4. The van der Waals surface area contributed by atoms with Crippen LogP contribution in [0.15, 0.2) is 11.7 Å². The van der Waals surface area contributed by atoms with Crippen molar-refractivity contribution in [1.29, 1.82) is 0 Å². The van der Waals surface area contributed by atoms with Crippen molar-refractivity contribution < 1.29 is 13.2 Å². The molecule has 0 spiro atoms. The Bertz CT molecular complexity index is 647. The molecule has 0 aromatic carbocycles. The van der Waals surface area contributed by atoms with Gasteiger partial charge in [-0.2, -0.15) is 13.2 Å². The Morgan fingerprint density at radius 2 is 2.27 bits per heavy atom. The number of alkyl halides is 3. The number of imidazole rings is 1. The van der Waals surface area contributed by atoms with Crippen LogP contribution in [0.2, 0.25) is 0 Å². The van der Waals surface area contributed by atoms with Crippen LogP contribution in [-0.2, 0) is 25.7 Å². The van der Waals surface area contributed by atoms with Crippen molar-refractivity contribution in [1.82, 2.24) is 19.9 Å². The van der Waals surface area contributed by atoms with Gasteiger partial charge in [0.2, 0.25) is 0 Å². The van der Waals surface area contributed by atoms with Gasteiger partial charge in [0, 0.05) is 37.1 Å². The summed E-state index contributed by atoms with van der Waals surface area (Å²) in [6.07, 6.45) is -1.76. The fourth-order valence-corrected chi connectivity index (χ4v) is 3.45. The molecule has 0 saturated carbocycles. The Labute approximate surface area is 130 Å². The van der Waals surface area contributed by atoms with E-state index in [2.05, 4.69) is 15.3 Å². The molecule has 0 amide bonds. The third-order valence-corrected chi connectivity index (χ3v) is 4.88. The molecule has 120 valence electrons. The first-order chi connectivity index (χ1) is 10.4. The molecule has 4 nitrogen and oxygen atoms in total. The lowest BCUT2D eigenvalue weighted by Crippen LogP contribution is -2.29. The molecule has 0 unspecified atom stereocenters. The van der Waals surface area contributed by atoms with Gasteiger partial charge < -0.3 is 9.88 Å². The molecule has 1 aliphatic heterocycles. The van der Waals surface area contributed by atoms with Crippen LogP contribution in [0.5, 0.6) is 0 Å². The number of fused-ring (bicyclic) bond motifs is 1. The van der Waals surface area contributed by atoms with E-state index in [4.69, 9.17) is 0 Å². The molecule has 8 heteroatoms. The lowest BCUT2D eigenvalue weighted by Gasteiger charge is -2.23. The van der Waals surface area contributed by atoms with Gasteiger partial charge >= 0.3 is 6.18 Å². The number of rotatable bonds is 4. The third kappa shape index (κ3) is 3.33. The maximum absolute atomic E-state index is 12.7. The fourth-order valence-electron chi connectivity index (χ4n) is 2.70. The van der Waals surface area contributed by atoms with Gasteiger partial charge in [0.1, 0.15) is 5.82 Å². The van der Waals surface area contributed by atoms with Crippen molar-refractivity contribution in [3.05, 3.63) is 33.8 Å². The quantitative estimate of drug-likeness (QED) is 0.937. The zero-order chi connectivity index (χ0) is 15.7. The van der Waals surface area contributed by atoms with Crippen LogP contribution >= 0.6 is 11.3 Å². The van der Waals surface area contributed by atoms with Crippen LogP contribution in [0.3, 0.4) is 0 Å². The van der Waals surface area contributed by atoms with Crippen LogP contribution in [0.25, 0.3) is 0 Å². The van der Waals surface area contributed by atoms with Gasteiger partial charge in [-0.05, 0) is 19.3 Å². The number of thiazole rings is 1. The summed E-state index contributed by atoms with van der Waals surface area (Å²) < 4.78 is 39.7. The Hall–Kier alpha value is -1.41. The predicted octanol–water partition coefficient (Wildman–Crippen LogP) is 3.02. The second-order valence-corrected chi connectivity index (χ2v) is 6.53. The Kier molecular flexibility index (Phi) is 4.22. The summed E-state index contributed by atoms with van der Waals surface area (Å²) in [4.78, 5) is 9.10. The summed E-state index contributed by atoms with van der Waals surface area (Å²) in [7, 11) is 0. The minimum absolute atomic E-state index is 0.330. The van der Waals surface area contributed by atoms with Crippen molar-refractivity contribution >= 4 is 11.3 Å². The van der Waals surface area contributed by atoms with E-state index in [0.29, 0.717) is 24.7 Å². The van der Waals surface area contributed by atoms with Crippen molar-refractivity contribution in [2.24, 2.45) is 5.92 Å². The number of aryl methyl sites for hydroxylation is 2. The summed E-state index contributed by atoms with van der Waals surface area (Å²) >= 11 is 1.62. The van der Waals surface area contributed by atoms with Gasteiger partial charge in [0.05, 0.1) is 11.2 Å². The highest BCUT2D eigenvalue weighted by Crippen LogP contribution is 2.30. The van der Waals surface area contributed by atoms with E-state index in [0.717, 1.165) is 31.4 Å². The third-order valence-electron chi connectivity index (χ3n) is 3.94. The van der Waals surface area contributed by atoms with Crippen LogP contribution in [0.4, 0.5) is 13.2 Å². The van der Waals surface area contributed by atoms with Gasteiger partial charge in [-0.1, -0.05) is 0 Å². The fraction of sp³-hybridized carbons (Fsp3) is 0.571. The molecular weight excluding hydrogens is 313 g/mol. The average Bonchev–Trinajstić information content (AvgIpc) is 3.04. The molecule has 2 aromatic rings. The Morgan fingerprint density at radius 1 is 1.45 bits per heavy atom. The van der Waals surface area contributed by atoms with Gasteiger partial charge in [-0.15, -0.1) is 11.3 Å². The average molecular weight is 330 g/mol. The SMILES string of the molecule is Cc1ncsc1CNC[C@@H]1CCc2nc(C(F)(F)F)cn2C1. The first-order valence-corrected chi connectivity index (χ1v) is 8.04. The van der Waals surface area contributed by atoms with E-state index in [-0.39, 0.29) is 0 Å². The smallest absolute Gasteiger partial charge is 0.334 e. The largest absolute Gasteiger partial charge is 0.434 e. The highest BCUT2D eigenvalue weighted by atomic mass is 32.1. The lowest BCUT2D eigenvalue weighted by atomic mass is 9.99. The number of hydrogen-bond donors (Lipinski definition) is 1. The van der Waals surface area contributed by atoms with Crippen LogP contribution in [0.1, 0.15) is 28.5 Å². The van der Waals surface area contributed by atoms with E-state index >= 15 is 0 Å². The van der Waals surface area contributed by atoms with Gasteiger partial charge in [0.15, 0.2) is 5.69 Å². The van der Waals surface area contributed by atoms with Crippen molar-refractivity contribution in [2.75, 3.05) is 6.54 Å². The number of nitrogens with one attached hydrogen (secondary N) is 1. The number of nitrogens with zero attached hydrogens (tertiary/aromatic N) is 3. The molecule has 0 saturated heterocycles. The molecule has 0 aliphatic carbocycles. The van der Waals surface area contributed by atoms with Gasteiger partial charge in [-0.25, -0.2) is 9.97 Å². The second kappa shape index (κ2) is 6.00. The molecule has 0 fully saturated rings. The Morgan fingerprint density at radius 3 is 2.95 bits per heavy atom. The maximum atomic E-state index is 12.7. The molecule has 2 aromatic heterocycles. The zero-order valence-corrected chi connectivity index (χ0v) is 13.0. The molecule has 3 rings (SSSR count). The van der Waals surface area contributed by atoms with Crippen LogP contribution < -0.4 is 5.32 Å². The van der Waals surface area contributed by atoms with E-state index in [1.807, 2.05) is 12.4 Å².